The summed E-state index contributed by atoms with van der Waals surface area (Å²) in [5.41, 5.74) is 0.272. The third-order valence-electron chi connectivity index (χ3n) is 6.14. The third-order valence-corrected chi connectivity index (χ3v) is 6.14. The Bertz CT molecular complexity index is 627. The van der Waals surface area contributed by atoms with Gasteiger partial charge in [-0.1, -0.05) is 37.3 Å². The van der Waals surface area contributed by atoms with Crippen LogP contribution in [0.25, 0.3) is 0 Å². The van der Waals surface area contributed by atoms with Gasteiger partial charge >= 0.3 is 5.97 Å². The van der Waals surface area contributed by atoms with Crippen LogP contribution in [0.1, 0.15) is 32.8 Å². The van der Waals surface area contributed by atoms with E-state index in [2.05, 4.69) is 42.8 Å². The van der Waals surface area contributed by atoms with Crippen molar-refractivity contribution in [2.45, 2.75) is 38.8 Å². The van der Waals surface area contributed by atoms with E-state index >= 15 is 0 Å². The molecule has 5 nitrogen and oxygen atoms in total. The molecule has 7 heteroatoms. The number of esters is 1. The topological polar surface area (TPSA) is 42.0 Å². The van der Waals surface area contributed by atoms with Crippen LogP contribution in [0.5, 0.6) is 0 Å². The Morgan fingerprint density at radius 3 is 2.39 bits per heavy atom. The van der Waals surface area contributed by atoms with E-state index in [1.54, 1.807) is 0 Å². The minimum atomic E-state index is -0.621. The Morgan fingerprint density at radius 1 is 1.21 bits per heavy atom. The van der Waals surface area contributed by atoms with Gasteiger partial charge in [0.2, 0.25) is 0 Å². The molecule has 0 N–H and O–H groups in total. The molecule has 3 atom stereocenters. The lowest BCUT2D eigenvalue weighted by atomic mass is 9.63. The van der Waals surface area contributed by atoms with Crippen LogP contribution >= 0.6 is 24.8 Å². The van der Waals surface area contributed by atoms with Gasteiger partial charge < -0.3 is 14.4 Å². The van der Waals surface area contributed by atoms with Crippen LogP contribution in [-0.4, -0.2) is 68.3 Å². The molecule has 160 valence electrons. The molecular formula is C21H34Cl2N2O3. The number of piperidine rings is 1. The molecular weight excluding hydrogens is 399 g/mol. The summed E-state index contributed by atoms with van der Waals surface area (Å²) in [5.74, 6) is -0.209. The van der Waals surface area contributed by atoms with Gasteiger partial charge in [-0.15, -0.1) is 24.8 Å². The summed E-state index contributed by atoms with van der Waals surface area (Å²) in [6, 6.07) is 10.7. The molecule has 0 bridgehead atoms. The monoisotopic (exact) mass is 432 g/mol. The molecule has 2 aliphatic heterocycles. The molecule has 1 aromatic rings. The maximum Gasteiger partial charge on any atom is 0.303 e. The molecule has 1 aromatic carbocycles. The van der Waals surface area contributed by atoms with Crippen molar-refractivity contribution >= 4 is 30.8 Å². The summed E-state index contributed by atoms with van der Waals surface area (Å²) in [6.45, 7) is 11.2. The smallest absolute Gasteiger partial charge is 0.303 e. The molecule has 0 aliphatic carbocycles. The van der Waals surface area contributed by atoms with Crippen molar-refractivity contribution in [2.75, 3.05) is 46.4 Å². The fraction of sp³-hybridized carbons (Fsp3) is 0.667. The van der Waals surface area contributed by atoms with Crippen molar-refractivity contribution in [3.63, 3.8) is 0 Å². The maximum atomic E-state index is 12.2. The van der Waals surface area contributed by atoms with Crippen LogP contribution in [0, 0.1) is 5.41 Å². The van der Waals surface area contributed by atoms with Gasteiger partial charge in [0.15, 0.2) is 0 Å². The lowest BCUT2D eigenvalue weighted by Crippen LogP contribution is -2.64. The van der Waals surface area contributed by atoms with Gasteiger partial charge in [-0.05, 0) is 19.5 Å². The van der Waals surface area contributed by atoms with Gasteiger partial charge in [0.1, 0.15) is 5.60 Å². The minimum absolute atomic E-state index is 0. The molecule has 3 unspecified atom stereocenters. The van der Waals surface area contributed by atoms with Crippen LogP contribution in [0.2, 0.25) is 0 Å². The Kier molecular flexibility index (Phi) is 9.23. The van der Waals surface area contributed by atoms with Gasteiger partial charge in [0.05, 0.1) is 13.2 Å². The first kappa shape index (κ1) is 25.2. The molecule has 0 amide bonds. The van der Waals surface area contributed by atoms with E-state index in [4.69, 9.17) is 9.47 Å². The second kappa shape index (κ2) is 10.3. The first-order chi connectivity index (χ1) is 12.4. The number of hydrogen-bond donors (Lipinski definition) is 0. The number of carbonyl (C=O) groups excluding carboxylic acids is 1. The normalized spacial score (nSPS) is 31.4. The summed E-state index contributed by atoms with van der Waals surface area (Å²) in [4.78, 5) is 17.0. The van der Waals surface area contributed by atoms with Crippen molar-refractivity contribution < 1.29 is 14.3 Å². The average Bonchev–Trinajstić information content (AvgIpc) is 2.61. The highest BCUT2D eigenvalue weighted by Gasteiger charge is 2.57. The standard InChI is InChI=1S/C21H32N2O3.2ClH/c1-17-14-21(26-18(2)24,19-8-6-5-7-9-19)20(3,15-22(17)4)16-23-10-12-25-13-11-23;;/h5-9,17H,10-16H2,1-4H3;2*1H. The number of morpholine rings is 1. The third kappa shape index (κ3) is 5.00. The number of carbonyl (C=O) groups is 1. The molecule has 3 rings (SSSR count). The second-order valence-electron chi connectivity index (χ2n) is 8.20. The Labute approximate surface area is 181 Å². The lowest BCUT2D eigenvalue weighted by molar-refractivity contribution is -0.201. The van der Waals surface area contributed by atoms with Crippen LogP contribution in [-0.2, 0) is 19.9 Å². The number of halogens is 2. The zero-order valence-electron chi connectivity index (χ0n) is 17.3. The van der Waals surface area contributed by atoms with Gasteiger partial charge in [0.25, 0.3) is 0 Å². The van der Waals surface area contributed by atoms with Crippen molar-refractivity contribution in [1.82, 2.24) is 9.80 Å². The summed E-state index contributed by atoms with van der Waals surface area (Å²) in [5, 5.41) is 0. The number of likely N-dealkylation sites (tertiary alicyclic amines) is 1. The molecule has 2 fully saturated rings. The fourth-order valence-electron chi connectivity index (χ4n) is 4.73. The zero-order valence-corrected chi connectivity index (χ0v) is 19.0. The SMILES string of the molecule is CC(=O)OC1(c2ccccc2)CC(C)N(C)CC1(C)CN1CCOCC1.Cl.Cl. The van der Waals surface area contributed by atoms with E-state index in [1.165, 1.54) is 6.92 Å². The summed E-state index contributed by atoms with van der Waals surface area (Å²) in [7, 11) is 2.17. The number of rotatable bonds is 4. The van der Waals surface area contributed by atoms with Crippen molar-refractivity contribution in [3.05, 3.63) is 35.9 Å². The van der Waals surface area contributed by atoms with E-state index in [0.717, 1.165) is 51.4 Å². The highest BCUT2D eigenvalue weighted by molar-refractivity contribution is 5.85. The van der Waals surface area contributed by atoms with E-state index < -0.39 is 5.60 Å². The van der Waals surface area contributed by atoms with E-state index in [0.29, 0.717) is 6.04 Å². The largest absolute Gasteiger partial charge is 0.454 e. The predicted molar refractivity (Wildman–Crippen MR) is 116 cm³/mol. The van der Waals surface area contributed by atoms with E-state index in [-0.39, 0.29) is 36.2 Å². The molecule has 0 saturated carbocycles. The number of benzene rings is 1. The predicted octanol–water partition coefficient (Wildman–Crippen LogP) is 3.35. The molecule has 28 heavy (non-hydrogen) atoms. The number of nitrogens with zero attached hydrogens (tertiary/aromatic N) is 2. The Balaban J connectivity index is 0.00000196. The number of hydrogen-bond acceptors (Lipinski definition) is 5. The van der Waals surface area contributed by atoms with E-state index in [1.807, 2.05) is 18.2 Å². The minimum Gasteiger partial charge on any atom is -0.454 e. The van der Waals surface area contributed by atoms with Crippen molar-refractivity contribution in [1.29, 1.82) is 0 Å². The van der Waals surface area contributed by atoms with Crippen LogP contribution in [0.4, 0.5) is 0 Å². The first-order valence-electron chi connectivity index (χ1n) is 9.62. The van der Waals surface area contributed by atoms with Gasteiger partial charge in [-0.3, -0.25) is 9.69 Å². The second-order valence-corrected chi connectivity index (χ2v) is 8.20. The Hall–Kier alpha value is -0.850. The summed E-state index contributed by atoms with van der Waals surface area (Å²) < 4.78 is 11.7. The highest BCUT2D eigenvalue weighted by atomic mass is 35.5. The van der Waals surface area contributed by atoms with Gasteiger partial charge in [-0.2, -0.15) is 0 Å². The number of ether oxygens (including phenoxy) is 2. The summed E-state index contributed by atoms with van der Waals surface area (Å²) >= 11 is 0. The average molecular weight is 433 g/mol. The fourth-order valence-corrected chi connectivity index (χ4v) is 4.73. The first-order valence-corrected chi connectivity index (χ1v) is 9.62. The van der Waals surface area contributed by atoms with Crippen molar-refractivity contribution in [3.8, 4) is 0 Å². The van der Waals surface area contributed by atoms with E-state index in [9.17, 15) is 4.79 Å². The molecule has 0 aromatic heterocycles. The molecule has 0 radical (unpaired) electrons. The quantitative estimate of drug-likeness (QED) is 0.682. The molecule has 2 aliphatic rings. The highest BCUT2D eigenvalue weighted by Crippen LogP contribution is 2.51. The van der Waals surface area contributed by atoms with Crippen LogP contribution in [0.3, 0.4) is 0 Å². The molecule has 2 saturated heterocycles. The van der Waals surface area contributed by atoms with Gasteiger partial charge in [-0.25, -0.2) is 0 Å². The molecule has 2 heterocycles. The lowest BCUT2D eigenvalue weighted by Gasteiger charge is -2.57. The van der Waals surface area contributed by atoms with Crippen LogP contribution in [0.15, 0.2) is 30.3 Å². The molecule has 0 spiro atoms. The van der Waals surface area contributed by atoms with Gasteiger partial charge in [0, 0.05) is 51.0 Å². The zero-order chi connectivity index (χ0) is 18.8. The van der Waals surface area contributed by atoms with Crippen LogP contribution < -0.4 is 0 Å². The van der Waals surface area contributed by atoms with Crippen molar-refractivity contribution in [2.24, 2.45) is 5.41 Å². The Morgan fingerprint density at radius 2 is 1.82 bits per heavy atom. The maximum absolute atomic E-state index is 12.2. The summed E-state index contributed by atoms with van der Waals surface area (Å²) in [6.07, 6.45) is 0.800.